The van der Waals surface area contributed by atoms with Gasteiger partial charge in [0.15, 0.2) is 17.5 Å². The number of aromatic nitrogens is 4. The van der Waals surface area contributed by atoms with Gasteiger partial charge in [-0.1, -0.05) is 124 Å². The van der Waals surface area contributed by atoms with Crippen LogP contribution in [-0.2, 0) is 31.1 Å². The molecule has 4 bridgehead atoms. The summed E-state index contributed by atoms with van der Waals surface area (Å²) in [6.07, 6.45) is 4.01. The minimum absolute atomic E-state index is 0.0475. The van der Waals surface area contributed by atoms with E-state index >= 15 is 0 Å². The highest BCUT2D eigenvalue weighted by molar-refractivity contribution is 6.12. The van der Waals surface area contributed by atoms with Gasteiger partial charge in [-0.3, -0.25) is 0 Å². The van der Waals surface area contributed by atoms with Crippen molar-refractivity contribution >= 4 is 21.8 Å². The molecule has 4 heteroatoms. The predicted molar refractivity (Wildman–Crippen MR) is 210 cm³/mol. The Morgan fingerprint density at radius 1 is 0.490 bits per heavy atom. The molecule has 0 unspecified atom stereocenters. The minimum Gasteiger partial charge on any atom is -0.309 e. The van der Waals surface area contributed by atoms with E-state index in [1.807, 2.05) is 60.7 Å². The van der Waals surface area contributed by atoms with Crippen LogP contribution in [-0.4, -0.2) is 19.5 Å². The van der Waals surface area contributed by atoms with E-state index in [1.165, 1.54) is 49.6 Å². The zero-order chi connectivity index (χ0) is 34.5. The molecule has 0 saturated carbocycles. The molecule has 248 valence electrons. The lowest BCUT2D eigenvalue weighted by molar-refractivity contribution is 0.591. The van der Waals surface area contributed by atoms with Crippen LogP contribution in [0.4, 0.5) is 0 Å². The highest BCUT2D eigenvalue weighted by Gasteiger charge is 2.22. The van der Waals surface area contributed by atoms with E-state index in [1.54, 1.807) is 0 Å². The predicted octanol–water partition coefficient (Wildman–Crippen LogP) is 11.2. The Bertz CT molecular complexity index is 2470. The molecule has 0 aliphatic heterocycles. The molecule has 0 N–H and O–H groups in total. The molecule has 4 aliphatic rings. The normalized spacial score (nSPS) is 13.1. The van der Waals surface area contributed by atoms with Crippen molar-refractivity contribution in [1.82, 2.24) is 19.5 Å². The smallest absolute Gasteiger partial charge is 0.164 e. The Morgan fingerprint density at radius 3 is 1.55 bits per heavy atom. The van der Waals surface area contributed by atoms with Crippen LogP contribution in [0.1, 0.15) is 48.6 Å². The van der Waals surface area contributed by atoms with Gasteiger partial charge in [0.1, 0.15) is 0 Å². The summed E-state index contributed by atoms with van der Waals surface area (Å²) in [5.41, 5.74) is 13.6. The number of hydrogen-bond acceptors (Lipinski definition) is 3. The second kappa shape index (κ2) is 12.5. The van der Waals surface area contributed by atoms with Crippen molar-refractivity contribution < 1.29 is 0 Å². The largest absolute Gasteiger partial charge is 0.309 e. The highest BCUT2D eigenvalue weighted by atomic mass is 15.0. The molecule has 2 heterocycles. The van der Waals surface area contributed by atoms with Crippen LogP contribution >= 0.6 is 0 Å². The maximum absolute atomic E-state index is 4.99. The Kier molecular flexibility index (Phi) is 7.61. The van der Waals surface area contributed by atoms with E-state index in [-0.39, 0.29) is 5.41 Å². The van der Waals surface area contributed by atoms with Crippen LogP contribution in [0, 0.1) is 0 Å². The Labute approximate surface area is 299 Å². The van der Waals surface area contributed by atoms with Gasteiger partial charge in [0, 0.05) is 33.2 Å². The third-order valence-corrected chi connectivity index (χ3v) is 10.4. The molecule has 6 aromatic carbocycles. The van der Waals surface area contributed by atoms with Crippen molar-refractivity contribution in [2.45, 2.75) is 51.9 Å². The molecule has 0 amide bonds. The molecular formula is C47H40N4. The second-order valence-electron chi connectivity index (χ2n) is 14.8. The van der Waals surface area contributed by atoms with E-state index in [2.05, 4.69) is 104 Å². The monoisotopic (exact) mass is 660 g/mol. The number of aryl methyl sites for hydroxylation is 4. The molecular weight excluding hydrogens is 621 g/mol. The summed E-state index contributed by atoms with van der Waals surface area (Å²) in [5, 5.41) is 2.73. The fourth-order valence-electron chi connectivity index (χ4n) is 7.56. The van der Waals surface area contributed by atoms with Crippen molar-refractivity contribution in [1.29, 1.82) is 0 Å². The first-order valence-electron chi connectivity index (χ1n) is 18.0. The molecule has 4 aliphatic carbocycles. The molecule has 0 spiro atoms. The molecule has 12 rings (SSSR count). The number of rotatable bonds is 4. The van der Waals surface area contributed by atoms with E-state index in [4.69, 9.17) is 15.0 Å². The average molecular weight is 661 g/mol. The standard InChI is InChI=1S/C47H40N4/c1-47(2,3)38-26-29-41-40(30-38)42-33-20-18-31-14-16-32(17-15-31)19-21-34(23-22-33)43(42)51(41)39-27-24-37(25-28-39)46-49-44(35-10-6-4-7-11-35)48-45(50-46)36-12-8-5-9-13-36/h4-17,22-30H,18-21H2,1-3H3. The van der Waals surface area contributed by atoms with Crippen molar-refractivity contribution in [3.05, 3.63) is 167 Å². The van der Waals surface area contributed by atoms with E-state index in [0.717, 1.165) is 48.1 Å². The van der Waals surface area contributed by atoms with Crippen molar-refractivity contribution in [3.8, 4) is 39.9 Å². The molecule has 0 radical (unpaired) electrons. The summed E-state index contributed by atoms with van der Waals surface area (Å²) in [6.45, 7) is 6.92. The van der Waals surface area contributed by atoms with Gasteiger partial charge in [-0.05, 0) is 95.3 Å². The van der Waals surface area contributed by atoms with Gasteiger partial charge in [0.25, 0.3) is 0 Å². The first-order chi connectivity index (χ1) is 24.9. The Balaban J connectivity index is 1.22. The summed E-state index contributed by atoms with van der Waals surface area (Å²) in [6, 6.07) is 50.3. The third-order valence-electron chi connectivity index (χ3n) is 10.4. The van der Waals surface area contributed by atoms with Gasteiger partial charge in [0.2, 0.25) is 0 Å². The maximum Gasteiger partial charge on any atom is 0.164 e. The molecule has 0 fully saturated rings. The van der Waals surface area contributed by atoms with Crippen molar-refractivity contribution in [2.24, 2.45) is 0 Å². The van der Waals surface area contributed by atoms with Crippen molar-refractivity contribution in [3.63, 3.8) is 0 Å². The van der Waals surface area contributed by atoms with Crippen LogP contribution in [0.25, 0.3) is 61.7 Å². The third kappa shape index (κ3) is 5.81. The van der Waals surface area contributed by atoms with Gasteiger partial charge in [-0.2, -0.15) is 0 Å². The number of benzene rings is 6. The van der Waals surface area contributed by atoms with Gasteiger partial charge >= 0.3 is 0 Å². The molecule has 4 nitrogen and oxygen atoms in total. The summed E-state index contributed by atoms with van der Waals surface area (Å²) >= 11 is 0. The van der Waals surface area contributed by atoms with Gasteiger partial charge < -0.3 is 4.57 Å². The topological polar surface area (TPSA) is 43.6 Å². The van der Waals surface area contributed by atoms with Gasteiger partial charge in [-0.25, -0.2) is 15.0 Å². The fourth-order valence-corrected chi connectivity index (χ4v) is 7.56. The Morgan fingerprint density at radius 2 is 1.00 bits per heavy atom. The van der Waals surface area contributed by atoms with Crippen LogP contribution in [0.3, 0.4) is 0 Å². The van der Waals surface area contributed by atoms with Crippen LogP contribution in [0.2, 0.25) is 0 Å². The number of fused-ring (bicyclic) bond motifs is 1. The summed E-state index contributed by atoms with van der Waals surface area (Å²) < 4.78 is 2.51. The Hall–Kier alpha value is -5.87. The van der Waals surface area contributed by atoms with Gasteiger partial charge in [0.05, 0.1) is 11.0 Å². The van der Waals surface area contributed by atoms with E-state index in [9.17, 15) is 0 Å². The second-order valence-corrected chi connectivity index (χ2v) is 14.8. The zero-order valence-corrected chi connectivity index (χ0v) is 29.4. The number of hydrogen-bond donors (Lipinski definition) is 0. The average Bonchev–Trinajstić information content (AvgIpc) is 3.51. The van der Waals surface area contributed by atoms with Gasteiger partial charge in [-0.15, -0.1) is 0 Å². The summed E-state index contributed by atoms with van der Waals surface area (Å²) in [4.78, 5) is 14.9. The first kappa shape index (κ1) is 31.1. The SMILES string of the molecule is CC(C)(C)c1ccc2c(c1)c1c3ccc(c1n2-c1ccc(-c2nc(-c4ccccc4)nc(-c4ccccc4)n2)cc1)CCc1ccc(cc1)CC3. The first-order valence-corrected chi connectivity index (χ1v) is 18.0. The molecule has 0 saturated heterocycles. The van der Waals surface area contributed by atoms with E-state index in [0.29, 0.717) is 17.5 Å². The quantitative estimate of drug-likeness (QED) is 0.189. The molecule has 2 aromatic heterocycles. The fraction of sp³-hybridized carbons (Fsp3) is 0.170. The summed E-state index contributed by atoms with van der Waals surface area (Å²) in [7, 11) is 0. The molecule has 0 atom stereocenters. The van der Waals surface area contributed by atoms with Crippen molar-refractivity contribution in [2.75, 3.05) is 0 Å². The minimum atomic E-state index is 0.0475. The zero-order valence-electron chi connectivity index (χ0n) is 29.4. The van der Waals surface area contributed by atoms with Crippen LogP contribution in [0.5, 0.6) is 0 Å². The van der Waals surface area contributed by atoms with Crippen LogP contribution < -0.4 is 0 Å². The lowest BCUT2D eigenvalue weighted by Crippen LogP contribution is -2.10. The van der Waals surface area contributed by atoms with Crippen LogP contribution in [0.15, 0.2) is 140 Å². The maximum atomic E-state index is 4.99. The number of nitrogens with zero attached hydrogens (tertiary/aromatic N) is 4. The van der Waals surface area contributed by atoms with E-state index < -0.39 is 0 Å². The highest BCUT2D eigenvalue weighted by Crippen LogP contribution is 2.40. The molecule has 8 aromatic rings. The summed E-state index contributed by atoms with van der Waals surface area (Å²) in [5.74, 6) is 2.00. The lowest BCUT2D eigenvalue weighted by atomic mass is 9.86. The molecule has 51 heavy (non-hydrogen) atoms. The lowest BCUT2D eigenvalue weighted by Gasteiger charge is -2.19.